The van der Waals surface area contributed by atoms with E-state index < -0.39 is 0 Å². The van der Waals surface area contributed by atoms with E-state index in [1.807, 2.05) is 19.1 Å². The highest BCUT2D eigenvalue weighted by atomic mass is 35.5. The van der Waals surface area contributed by atoms with Crippen LogP contribution in [0.1, 0.15) is 20.8 Å². The molecule has 0 atom stereocenters. The van der Waals surface area contributed by atoms with Crippen LogP contribution in [0.15, 0.2) is 29.6 Å². The zero-order chi connectivity index (χ0) is 14.5. The van der Waals surface area contributed by atoms with Gasteiger partial charge in [-0.15, -0.1) is 11.3 Å². The number of rotatable bonds is 2. The standard InChI is InChI=1S/C15H12ClNO2S/c1-10-9-12(5-4-11(10)3-2-7-18)17-15(19)14-13(16)6-8-20-14/h4-6,8-9,18H,7H2,1H3,(H,17,19). The van der Waals surface area contributed by atoms with E-state index in [1.54, 1.807) is 17.5 Å². The van der Waals surface area contributed by atoms with Gasteiger partial charge in [-0.2, -0.15) is 0 Å². The van der Waals surface area contributed by atoms with E-state index in [2.05, 4.69) is 17.2 Å². The van der Waals surface area contributed by atoms with Crippen molar-refractivity contribution >= 4 is 34.5 Å². The Morgan fingerprint density at radius 1 is 1.45 bits per heavy atom. The number of aliphatic hydroxyl groups excluding tert-OH is 1. The Bertz CT molecular complexity index is 697. The summed E-state index contributed by atoms with van der Waals surface area (Å²) in [5, 5.41) is 13.7. The van der Waals surface area contributed by atoms with E-state index >= 15 is 0 Å². The Hall–Kier alpha value is -1.80. The van der Waals surface area contributed by atoms with Crippen LogP contribution in [-0.2, 0) is 0 Å². The molecule has 2 aromatic rings. The van der Waals surface area contributed by atoms with Gasteiger partial charge in [-0.05, 0) is 42.1 Å². The van der Waals surface area contributed by atoms with Crippen molar-refractivity contribution < 1.29 is 9.90 Å². The number of amides is 1. The molecule has 1 heterocycles. The molecule has 0 spiro atoms. The summed E-state index contributed by atoms with van der Waals surface area (Å²) < 4.78 is 0. The molecule has 2 N–H and O–H groups in total. The number of nitrogens with one attached hydrogen (secondary N) is 1. The number of thiophene rings is 1. The van der Waals surface area contributed by atoms with E-state index in [9.17, 15) is 4.79 Å². The molecule has 0 saturated carbocycles. The third kappa shape index (κ3) is 3.40. The average Bonchev–Trinajstić information content (AvgIpc) is 2.84. The number of benzene rings is 1. The van der Waals surface area contributed by atoms with Crippen LogP contribution in [0.2, 0.25) is 5.02 Å². The number of halogens is 1. The quantitative estimate of drug-likeness (QED) is 0.836. The number of hydrogen-bond donors (Lipinski definition) is 2. The highest BCUT2D eigenvalue weighted by molar-refractivity contribution is 7.12. The van der Waals surface area contributed by atoms with E-state index in [-0.39, 0.29) is 12.5 Å². The molecule has 1 amide bonds. The van der Waals surface area contributed by atoms with Gasteiger partial charge in [-0.25, -0.2) is 0 Å². The largest absolute Gasteiger partial charge is 0.384 e. The fourth-order valence-corrected chi connectivity index (χ4v) is 2.70. The van der Waals surface area contributed by atoms with Gasteiger partial charge in [0.25, 0.3) is 5.91 Å². The van der Waals surface area contributed by atoms with Crippen molar-refractivity contribution in [2.75, 3.05) is 11.9 Å². The molecule has 0 bridgehead atoms. The van der Waals surface area contributed by atoms with Crippen molar-refractivity contribution in [1.82, 2.24) is 0 Å². The van der Waals surface area contributed by atoms with Crippen LogP contribution in [0.5, 0.6) is 0 Å². The molecule has 0 aliphatic carbocycles. The first-order valence-corrected chi connectivity index (χ1v) is 7.12. The van der Waals surface area contributed by atoms with Gasteiger partial charge in [0.1, 0.15) is 11.5 Å². The average molecular weight is 306 g/mol. The van der Waals surface area contributed by atoms with Crippen LogP contribution in [0.3, 0.4) is 0 Å². The SMILES string of the molecule is Cc1cc(NC(=O)c2sccc2Cl)ccc1C#CCO. The van der Waals surface area contributed by atoms with Crippen molar-refractivity contribution in [2.24, 2.45) is 0 Å². The zero-order valence-electron chi connectivity index (χ0n) is 10.7. The second-order valence-corrected chi connectivity index (χ2v) is 5.36. The second-order valence-electron chi connectivity index (χ2n) is 4.04. The molecule has 0 fully saturated rings. The normalized spacial score (nSPS) is 9.75. The summed E-state index contributed by atoms with van der Waals surface area (Å²) in [6.07, 6.45) is 0. The van der Waals surface area contributed by atoms with Gasteiger partial charge < -0.3 is 10.4 Å². The number of carbonyl (C=O) groups excluding carboxylic acids is 1. The first-order valence-electron chi connectivity index (χ1n) is 5.86. The van der Waals surface area contributed by atoms with Gasteiger partial charge in [-0.1, -0.05) is 23.4 Å². The Morgan fingerprint density at radius 3 is 2.85 bits per heavy atom. The molecule has 102 valence electrons. The van der Waals surface area contributed by atoms with Crippen LogP contribution in [-0.4, -0.2) is 17.6 Å². The lowest BCUT2D eigenvalue weighted by Gasteiger charge is -2.06. The molecule has 0 radical (unpaired) electrons. The van der Waals surface area contributed by atoms with Crippen LogP contribution in [0.4, 0.5) is 5.69 Å². The Kier molecular flexibility index (Phi) is 4.80. The summed E-state index contributed by atoms with van der Waals surface area (Å²) in [5.41, 5.74) is 2.44. The predicted octanol–water partition coefficient (Wildman–Crippen LogP) is 3.31. The highest BCUT2D eigenvalue weighted by Crippen LogP contribution is 2.23. The number of carbonyl (C=O) groups is 1. The van der Waals surface area contributed by atoms with E-state index in [0.717, 1.165) is 11.1 Å². The second kappa shape index (κ2) is 6.58. The van der Waals surface area contributed by atoms with E-state index in [1.165, 1.54) is 11.3 Å². The lowest BCUT2D eigenvalue weighted by Crippen LogP contribution is -2.10. The maximum atomic E-state index is 12.0. The lowest BCUT2D eigenvalue weighted by molar-refractivity contribution is 0.103. The Labute approximate surface area is 126 Å². The summed E-state index contributed by atoms with van der Waals surface area (Å²) in [6.45, 7) is 1.73. The first-order chi connectivity index (χ1) is 9.61. The van der Waals surface area contributed by atoms with Gasteiger partial charge in [0.15, 0.2) is 0 Å². The van der Waals surface area contributed by atoms with Crippen LogP contribution in [0.25, 0.3) is 0 Å². The number of hydrogen-bond acceptors (Lipinski definition) is 3. The number of anilines is 1. The van der Waals surface area contributed by atoms with Gasteiger partial charge in [0, 0.05) is 11.3 Å². The van der Waals surface area contributed by atoms with Crippen molar-refractivity contribution in [3.05, 3.63) is 50.7 Å². The fourth-order valence-electron chi connectivity index (χ4n) is 1.66. The lowest BCUT2D eigenvalue weighted by atomic mass is 10.1. The summed E-state index contributed by atoms with van der Waals surface area (Å²) in [5.74, 6) is 5.22. The fraction of sp³-hybridized carbons (Fsp3) is 0.133. The molecule has 0 unspecified atom stereocenters. The topological polar surface area (TPSA) is 49.3 Å². The van der Waals surface area contributed by atoms with Crippen molar-refractivity contribution in [1.29, 1.82) is 0 Å². The molecule has 0 aliphatic heterocycles. The van der Waals surface area contributed by atoms with E-state index in [0.29, 0.717) is 15.6 Å². The molecule has 3 nitrogen and oxygen atoms in total. The molecular weight excluding hydrogens is 294 g/mol. The molecule has 1 aromatic heterocycles. The first kappa shape index (κ1) is 14.6. The highest BCUT2D eigenvalue weighted by Gasteiger charge is 2.12. The van der Waals surface area contributed by atoms with Gasteiger partial charge in [-0.3, -0.25) is 4.79 Å². The molecule has 0 saturated heterocycles. The maximum Gasteiger partial charge on any atom is 0.267 e. The minimum Gasteiger partial charge on any atom is -0.384 e. The monoisotopic (exact) mass is 305 g/mol. The predicted molar refractivity (Wildman–Crippen MR) is 82.4 cm³/mol. The number of aliphatic hydroxyl groups is 1. The van der Waals surface area contributed by atoms with Crippen molar-refractivity contribution in [3.8, 4) is 11.8 Å². The maximum absolute atomic E-state index is 12.0. The third-order valence-electron chi connectivity index (χ3n) is 2.61. The summed E-state index contributed by atoms with van der Waals surface area (Å²) in [4.78, 5) is 12.5. The van der Waals surface area contributed by atoms with Crippen LogP contribution < -0.4 is 5.32 Å². The molecular formula is C15H12ClNO2S. The van der Waals surface area contributed by atoms with Crippen LogP contribution >= 0.6 is 22.9 Å². The molecule has 5 heteroatoms. The molecule has 1 aromatic carbocycles. The number of aryl methyl sites for hydroxylation is 1. The zero-order valence-corrected chi connectivity index (χ0v) is 12.3. The molecule has 0 aliphatic rings. The van der Waals surface area contributed by atoms with E-state index in [4.69, 9.17) is 16.7 Å². The third-order valence-corrected chi connectivity index (χ3v) is 3.95. The Balaban J connectivity index is 2.17. The van der Waals surface area contributed by atoms with Crippen molar-refractivity contribution in [2.45, 2.75) is 6.92 Å². The smallest absolute Gasteiger partial charge is 0.267 e. The molecule has 2 rings (SSSR count). The van der Waals surface area contributed by atoms with Gasteiger partial charge in [0.05, 0.1) is 5.02 Å². The summed E-state index contributed by atoms with van der Waals surface area (Å²) in [7, 11) is 0. The minimum absolute atomic E-state index is 0.172. The summed E-state index contributed by atoms with van der Waals surface area (Å²) >= 11 is 7.22. The Morgan fingerprint density at radius 2 is 2.25 bits per heavy atom. The van der Waals surface area contributed by atoms with Gasteiger partial charge in [0.2, 0.25) is 0 Å². The minimum atomic E-state index is -0.224. The molecule has 20 heavy (non-hydrogen) atoms. The van der Waals surface area contributed by atoms with Crippen LogP contribution in [0, 0.1) is 18.8 Å². The summed E-state index contributed by atoms with van der Waals surface area (Å²) in [6, 6.07) is 7.11. The van der Waals surface area contributed by atoms with Crippen molar-refractivity contribution in [3.63, 3.8) is 0 Å². The van der Waals surface area contributed by atoms with Gasteiger partial charge >= 0.3 is 0 Å².